The second-order valence-electron chi connectivity index (χ2n) is 8.82. The standard InChI is InChI=1S/C24H29N5O2/c1-14-4-3-5-18-19(14)17(13-28-18)8-9-26-24(25-2)27-10-11-29-22(30)20-15-6-7-16(12-15)21(20)23(29)31/h3-7,13,15-16,20-21,28H,8-12H2,1-2H3,(H2,25,26,27). The van der Waals surface area contributed by atoms with Crippen molar-refractivity contribution < 1.29 is 9.59 Å². The number of carbonyl (C=O) groups excluding carboxylic acids is 2. The Bertz CT molecular complexity index is 1050. The Morgan fingerprint density at radius 2 is 1.84 bits per heavy atom. The molecule has 4 unspecified atom stereocenters. The van der Waals surface area contributed by atoms with Gasteiger partial charge >= 0.3 is 0 Å². The normalized spacial score (nSPS) is 26.9. The highest BCUT2D eigenvalue weighted by Crippen LogP contribution is 2.52. The van der Waals surface area contributed by atoms with Crippen LogP contribution in [-0.2, 0) is 16.0 Å². The van der Waals surface area contributed by atoms with Crippen molar-refractivity contribution in [2.45, 2.75) is 19.8 Å². The van der Waals surface area contributed by atoms with Crippen LogP contribution in [-0.4, -0.2) is 54.3 Å². The number of hydrogen-bond acceptors (Lipinski definition) is 3. The molecule has 7 nitrogen and oxygen atoms in total. The van der Waals surface area contributed by atoms with Crippen LogP contribution in [0.5, 0.6) is 0 Å². The molecule has 2 heterocycles. The predicted molar refractivity (Wildman–Crippen MR) is 121 cm³/mol. The number of aromatic amines is 1. The summed E-state index contributed by atoms with van der Waals surface area (Å²) in [6, 6.07) is 6.28. The number of fused-ring (bicyclic) bond motifs is 6. The van der Waals surface area contributed by atoms with E-state index in [1.165, 1.54) is 21.4 Å². The Balaban J connectivity index is 1.11. The maximum absolute atomic E-state index is 12.8. The smallest absolute Gasteiger partial charge is 0.233 e. The molecule has 2 aromatic rings. The third-order valence-electron chi connectivity index (χ3n) is 7.10. The minimum absolute atomic E-state index is 0.00584. The molecule has 2 bridgehead atoms. The number of guanidine groups is 1. The molecule has 1 saturated heterocycles. The van der Waals surface area contributed by atoms with E-state index in [0.717, 1.165) is 24.9 Å². The molecule has 2 aliphatic carbocycles. The number of hydrogen-bond donors (Lipinski definition) is 3. The maximum atomic E-state index is 12.8. The highest BCUT2D eigenvalue weighted by molar-refractivity contribution is 6.06. The van der Waals surface area contributed by atoms with Gasteiger partial charge in [0, 0.05) is 43.8 Å². The second kappa shape index (κ2) is 7.87. The van der Waals surface area contributed by atoms with Gasteiger partial charge < -0.3 is 15.6 Å². The number of aromatic nitrogens is 1. The Morgan fingerprint density at radius 3 is 2.55 bits per heavy atom. The van der Waals surface area contributed by atoms with Gasteiger partial charge in [0.05, 0.1) is 11.8 Å². The van der Waals surface area contributed by atoms with Crippen LogP contribution in [0.4, 0.5) is 0 Å². The highest BCUT2D eigenvalue weighted by atomic mass is 16.2. The van der Waals surface area contributed by atoms with Gasteiger partial charge in [-0.2, -0.15) is 0 Å². The van der Waals surface area contributed by atoms with Crippen molar-refractivity contribution in [3.8, 4) is 0 Å². The summed E-state index contributed by atoms with van der Waals surface area (Å²) in [6.45, 7) is 3.74. The van der Waals surface area contributed by atoms with Crippen molar-refractivity contribution in [1.29, 1.82) is 0 Å². The van der Waals surface area contributed by atoms with Crippen LogP contribution in [0.3, 0.4) is 0 Å². The average Bonchev–Trinajstić information content (AvgIpc) is 3.53. The fraction of sp³-hybridized carbons (Fsp3) is 0.458. The summed E-state index contributed by atoms with van der Waals surface area (Å²) in [4.78, 5) is 34.6. The van der Waals surface area contributed by atoms with Gasteiger partial charge in [-0.3, -0.25) is 19.5 Å². The zero-order valence-corrected chi connectivity index (χ0v) is 18.0. The maximum Gasteiger partial charge on any atom is 0.233 e. The quantitative estimate of drug-likeness (QED) is 0.289. The van der Waals surface area contributed by atoms with E-state index in [4.69, 9.17) is 0 Å². The summed E-state index contributed by atoms with van der Waals surface area (Å²) >= 11 is 0. The molecule has 3 N–H and O–H groups in total. The number of amides is 2. The topological polar surface area (TPSA) is 89.6 Å². The summed E-state index contributed by atoms with van der Waals surface area (Å²) < 4.78 is 0. The molecule has 2 amide bonds. The lowest BCUT2D eigenvalue weighted by molar-refractivity contribution is -0.140. The zero-order valence-electron chi connectivity index (χ0n) is 18.0. The number of benzene rings is 1. The van der Waals surface area contributed by atoms with Crippen molar-refractivity contribution in [2.24, 2.45) is 28.7 Å². The molecular formula is C24H29N5O2. The van der Waals surface area contributed by atoms with Crippen LogP contribution >= 0.6 is 0 Å². The van der Waals surface area contributed by atoms with Crippen LogP contribution in [0.1, 0.15) is 17.5 Å². The van der Waals surface area contributed by atoms with Crippen LogP contribution in [0, 0.1) is 30.6 Å². The molecule has 4 atom stereocenters. The minimum atomic E-state index is -0.125. The molecule has 0 radical (unpaired) electrons. The molecule has 0 spiro atoms. The van der Waals surface area contributed by atoms with E-state index < -0.39 is 0 Å². The van der Waals surface area contributed by atoms with E-state index in [1.54, 1.807) is 7.05 Å². The molecule has 7 heteroatoms. The molecule has 2 fully saturated rings. The van der Waals surface area contributed by atoms with Crippen LogP contribution in [0.25, 0.3) is 10.9 Å². The molecule has 31 heavy (non-hydrogen) atoms. The lowest BCUT2D eigenvalue weighted by Crippen LogP contribution is -2.44. The first-order valence-electron chi connectivity index (χ1n) is 11.1. The van der Waals surface area contributed by atoms with Gasteiger partial charge in [0.2, 0.25) is 11.8 Å². The molecule has 162 valence electrons. The van der Waals surface area contributed by atoms with Gasteiger partial charge in [-0.1, -0.05) is 24.3 Å². The first-order chi connectivity index (χ1) is 15.1. The molecule has 1 aromatic carbocycles. The summed E-state index contributed by atoms with van der Waals surface area (Å²) in [5, 5.41) is 7.85. The SMILES string of the molecule is CN=C(NCCc1c[nH]c2cccc(C)c12)NCCN1C(=O)C2C3C=CC(C3)C2C1=O. The number of aryl methyl sites for hydroxylation is 1. The van der Waals surface area contributed by atoms with E-state index >= 15 is 0 Å². The molecule has 1 aliphatic heterocycles. The monoisotopic (exact) mass is 419 g/mol. The van der Waals surface area contributed by atoms with Gasteiger partial charge in [0.25, 0.3) is 0 Å². The number of H-pyrrole nitrogens is 1. The van der Waals surface area contributed by atoms with Crippen molar-refractivity contribution >= 4 is 28.7 Å². The number of rotatable bonds is 6. The number of imide groups is 1. The van der Waals surface area contributed by atoms with Gasteiger partial charge in [-0.05, 0) is 48.8 Å². The molecule has 3 aliphatic rings. The second-order valence-corrected chi connectivity index (χ2v) is 8.82. The Morgan fingerprint density at radius 1 is 1.13 bits per heavy atom. The number of likely N-dealkylation sites (tertiary alicyclic amines) is 1. The van der Waals surface area contributed by atoms with Crippen molar-refractivity contribution in [3.05, 3.63) is 47.7 Å². The summed E-state index contributed by atoms with van der Waals surface area (Å²) in [6.07, 6.45) is 8.15. The minimum Gasteiger partial charge on any atom is -0.361 e. The molecule has 5 rings (SSSR count). The van der Waals surface area contributed by atoms with E-state index in [0.29, 0.717) is 19.0 Å². The van der Waals surface area contributed by atoms with Crippen LogP contribution in [0.2, 0.25) is 0 Å². The Hall–Kier alpha value is -3.09. The van der Waals surface area contributed by atoms with E-state index in [2.05, 4.69) is 64.1 Å². The lowest BCUT2D eigenvalue weighted by atomic mass is 9.85. The van der Waals surface area contributed by atoms with Crippen molar-refractivity contribution in [2.75, 3.05) is 26.7 Å². The van der Waals surface area contributed by atoms with Gasteiger partial charge in [0.15, 0.2) is 5.96 Å². The van der Waals surface area contributed by atoms with Crippen LogP contribution in [0.15, 0.2) is 41.5 Å². The number of carbonyl (C=O) groups is 2. The van der Waals surface area contributed by atoms with Crippen molar-refractivity contribution in [3.63, 3.8) is 0 Å². The summed E-state index contributed by atoms with van der Waals surface area (Å²) in [5.41, 5.74) is 3.70. The molecule has 1 aromatic heterocycles. The number of aliphatic imine (C=N–C) groups is 1. The highest BCUT2D eigenvalue weighted by Gasteiger charge is 2.58. The predicted octanol–water partition coefficient (Wildman–Crippen LogP) is 1.99. The third kappa shape index (κ3) is 3.32. The lowest BCUT2D eigenvalue weighted by Gasteiger charge is -2.18. The third-order valence-corrected chi connectivity index (χ3v) is 7.10. The number of nitrogens with zero attached hydrogens (tertiary/aromatic N) is 2. The van der Waals surface area contributed by atoms with E-state index in [1.807, 2.05) is 0 Å². The fourth-order valence-corrected chi connectivity index (χ4v) is 5.66. The summed E-state index contributed by atoms with van der Waals surface area (Å²) in [5.74, 6) is 0.952. The molecule has 1 saturated carbocycles. The largest absolute Gasteiger partial charge is 0.361 e. The Kier molecular flexibility index (Phi) is 5.04. The van der Waals surface area contributed by atoms with E-state index in [-0.39, 0.29) is 35.5 Å². The van der Waals surface area contributed by atoms with Gasteiger partial charge in [-0.15, -0.1) is 0 Å². The molecular weight excluding hydrogens is 390 g/mol. The first-order valence-corrected chi connectivity index (χ1v) is 11.1. The van der Waals surface area contributed by atoms with Crippen molar-refractivity contribution in [1.82, 2.24) is 20.5 Å². The fourth-order valence-electron chi connectivity index (χ4n) is 5.66. The zero-order chi connectivity index (χ0) is 21.5. The Labute approximate surface area is 182 Å². The van der Waals surface area contributed by atoms with Crippen LogP contribution < -0.4 is 10.6 Å². The first kappa shape index (κ1) is 19.8. The average molecular weight is 420 g/mol. The summed E-state index contributed by atoms with van der Waals surface area (Å²) in [7, 11) is 1.73. The number of allylic oxidation sites excluding steroid dienone is 2. The van der Waals surface area contributed by atoms with Gasteiger partial charge in [0.1, 0.15) is 0 Å². The van der Waals surface area contributed by atoms with Gasteiger partial charge in [-0.25, -0.2) is 0 Å². The number of nitrogens with one attached hydrogen (secondary N) is 3. The van der Waals surface area contributed by atoms with E-state index in [9.17, 15) is 9.59 Å².